The van der Waals surface area contributed by atoms with Gasteiger partial charge in [-0.05, 0) is 18.4 Å². The lowest BCUT2D eigenvalue weighted by Crippen LogP contribution is -2.18. The van der Waals surface area contributed by atoms with Crippen molar-refractivity contribution >= 4 is 5.78 Å². The maximum atomic E-state index is 11.6. The molecule has 0 spiro atoms. The summed E-state index contributed by atoms with van der Waals surface area (Å²) in [5.41, 5.74) is 1.19. The first-order valence-electron chi connectivity index (χ1n) is 7.46. The summed E-state index contributed by atoms with van der Waals surface area (Å²) < 4.78 is 5.56. The van der Waals surface area contributed by atoms with Gasteiger partial charge in [0.2, 0.25) is 0 Å². The third-order valence-corrected chi connectivity index (χ3v) is 3.64. The van der Waals surface area contributed by atoms with E-state index in [1.54, 1.807) is 0 Å². The highest BCUT2D eigenvalue weighted by Gasteiger charge is 2.20. The van der Waals surface area contributed by atoms with Gasteiger partial charge in [0, 0.05) is 25.2 Å². The van der Waals surface area contributed by atoms with Gasteiger partial charge in [-0.1, -0.05) is 36.8 Å². The van der Waals surface area contributed by atoms with Gasteiger partial charge in [-0.2, -0.15) is 0 Å². The average molecular weight is 270 g/mol. The van der Waals surface area contributed by atoms with E-state index in [0.717, 1.165) is 32.1 Å². The van der Waals surface area contributed by atoms with Crippen LogP contribution in [0.15, 0.2) is 30.3 Å². The van der Waals surface area contributed by atoms with E-state index in [2.05, 4.69) is 24.0 Å². The molecule has 0 radical (unpaired) electrons. The first-order chi connectivity index (χ1) is 9.86. The number of hydrogen-bond donors (Lipinski definition) is 0. The predicted molar refractivity (Wildman–Crippen MR) is 80.1 cm³/mol. The molecule has 0 aromatic heterocycles. The minimum absolute atomic E-state index is 0.196. The molecule has 0 amide bonds. The molecule has 0 heterocycles. The number of Topliss-reactive ketones (excluding diaryl/α,β-unsaturated/α-hetero) is 1. The summed E-state index contributed by atoms with van der Waals surface area (Å²) in [6.07, 6.45) is 5.50. The van der Waals surface area contributed by atoms with E-state index in [-0.39, 0.29) is 5.92 Å². The van der Waals surface area contributed by atoms with Crippen molar-refractivity contribution < 1.29 is 9.53 Å². The van der Waals surface area contributed by atoms with E-state index in [9.17, 15) is 4.79 Å². The van der Waals surface area contributed by atoms with Gasteiger partial charge in [0.1, 0.15) is 5.78 Å². The summed E-state index contributed by atoms with van der Waals surface area (Å²) in [7, 11) is 0. The zero-order valence-corrected chi connectivity index (χ0v) is 11.9. The number of ketones is 1. The zero-order valence-electron chi connectivity index (χ0n) is 11.9. The molecule has 20 heavy (non-hydrogen) atoms. The molecule has 1 aliphatic rings. The van der Waals surface area contributed by atoms with Crippen molar-refractivity contribution in [3.63, 3.8) is 0 Å². The van der Waals surface area contributed by atoms with Crippen LogP contribution in [0.2, 0.25) is 0 Å². The number of benzene rings is 1. The molecule has 0 N–H and O–H groups in total. The van der Waals surface area contributed by atoms with Crippen molar-refractivity contribution in [2.24, 2.45) is 5.92 Å². The highest BCUT2D eigenvalue weighted by Crippen LogP contribution is 2.22. The summed E-state index contributed by atoms with van der Waals surface area (Å²) in [6, 6.07) is 10.1. The van der Waals surface area contributed by atoms with Crippen LogP contribution in [-0.2, 0) is 16.1 Å². The van der Waals surface area contributed by atoms with Crippen molar-refractivity contribution in [2.75, 3.05) is 6.61 Å². The number of carbonyl (C=O) groups excluding carboxylic acids is 1. The van der Waals surface area contributed by atoms with Crippen LogP contribution in [0, 0.1) is 17.8 Å². The smallest absolute Gasteiger partial charge is 0.136 e. The SMILES string of the molecule is O=C1CCCCC1CC#CCCOCc1ccccc1. The van der Waals surface area contributed by atoms with Gasteiger partial charge in [0.15, 0.2) is 0 Å². The first-order valence-corrected chi connectivity index (χ1v) is 7.46. The minimum Gasteiger partial charge on any atom is -0.376 e. The molecule has 106 valence electrons. The molecule has 1 unspecified atom stereocenters. The Morgan fingerprint density at radius 2 is 2.00 bits per heavy atom. The van der Waals surface area contributed by atoms with E-state index in [0.29, 0.717) is 19.0 Å². The summed E-state index contributed by atoms with van der Waals surface area (Å²) >= 11 is 0. The Bertz CT molecular complexity index is 467. The number of carbonyl (C=O) groups is 1. The quantitative estimate of drug-likeness (QED) is 0.601. The molecule has 0 aliphatic heterocycles. The van der Waals surface area contributed by atoms with E-state index in [1.807, 2.05) is 18.2 Å². The molecule has 1 aromatic carbocycles. The molecule has 2 heteroatoms. The van der Waals surface area contributed by atoms with Crippen LogP contribution < -0.4 is 0 Å². The van der Waals surface area contributed by atoms with Gasteiger partial charge in [0.25, 0.3) is 0 Å². The van der Waals surface area contributed by atoms with Gasteiger partial charge in [-0.25, -0.2) is 0 Å². The predicted octanol–water partition coefficient (Wildman–Crippen LogP) is 3.75. The Labute approximate surface area is 121 Å². The van der Waals surface area contributed by atoms with Gasteiger partial charge in [0.05, 0.1) is 13.2 Å². The monoisotopic (exact) mass is 270 g/mol. The Morgan fingerprint density at radius 1 is 1.15 bits per heavy atom. The second-order valence-corrected chi connectivity index (χ2v) is 5.25. The third kappa shape index (κ3) is 5.19. The zero-order chi connectivity index (χ0) is 14.0. The van der Waals surface area contributed by atoms with Crippen LogP contribution in [0.3, 0.4) is 0 Å². The molecule has 0 bridgehead atoms. The standard InChI is InChI=1S/C18H22O2/c19-18-13-7-6-12-17(18)11-5-2-8-14-20-15-16-9-3-1-4-10-16/h1,3-4,9-10,17H,6-8,11-15H2. The summed E-state index contributed by atoms with van der Waals surface area (Å²) in [5, 5.41) is 0. The minimum atomic E-state index is 0.196. The van der Waals surface area contributed by atoms with Crippen LogP contribution in [0.5, 0.6) is 0 Å². The lowest BCUT2D eigenvalue weighted by molar-refractivity contribution is -0.124. The molecule has 1 atom stereocenters. The van der Waals surface area contributed by atoms with Crippen LogP contribution in [0.4, 0.5) is 0 Å². The molecule has 1 fully saturated rings. The van der Waals surface area contributed by atoms with Gasteiger partial charge >= 0.3 is 0 Å². The summed E-state index contributed by atoms with van der Waals surface area (Å²) in [4.78, 5) is 11.6. The van der Waals surface area contributed by atoms with E-state index in [1.165, 1.54) is 12.0 Å². The van der Waals surface area contributed by atoms with Crippen LogP contribution in [0.1, 0.15) is 44.1 Å². The first kappa shape index (κ1) is 14.8. The normalized spacial score (nSPS) is 18.4. The maximum Gasteiger partial charge on any atom is 0.136 e. The van der Waals surface area contributed by atoms with Crippen LogP contribution in [-0.4, -0.2) is 12.4 Å². The van der Waals surface area contributed by atoms with E-state index in [4.69, 9.17) is 4.74 Å². The van der Waals surface area contributed by atoms with Gasteiger partial charge in [-0.15, -0.1) is 11.8 Å². The van der Waals surface area contributed by atoms with Gasteiger partial charge in [-0.3, -0.25) is 4.79 Å². The summed E-state index contributed by atoms with van der Waals surface area (Å²) in [5.74, 6) is 6.85. The molecular formula is C18H22O2. The van der Waals surface area contributed by atoms with Crippen molar-refractivity contribution in [1.82, 2.24) is 0 Å². The van der Waals surface area contributed by atoms with Crippen molar-refractivity contribution in [1.29, 1.82) is 0 Å². The van der Waals surface area contributed by atoms with Crippen LogP contribution >= 0.6 is 0 Å². The van der Waals surface area contributed by atoms with Crippen LogP contribution in [0.25, 0.3) is 0 Å². The largest absolute Gasteiger partial charge is 0.376 e. The molecular weight excluding hydrogens is 248 g/mol. The molecule has 2 rings (SSSR count). The molecule has 2 nitrogen and oxygen atoms in total. The lowest BCUT2D eigenvalue weighted by Gasteiger charge is -2.17. The third-order valence-electron chi connectivity index (χ3n) is 3.64. The summed E-state index contributed by atoms with van der Waals surface area (Å²) in [6.45, 7) is 1.30. The van der Waals surface area contributed by atoms with Crippen molar-refractivity contribution in [3.05, 3.63) is 35.9 Å². The Hall–Kier alpha value is -1.59. The van der Waals surface area contributed by atoms with E-state index < -0.39 is 0 Å². The fourth-order valence-corrected chi connectivity index (χ4v) is 2.44. The number of rotatable bonds is 5. The van der Waals surface area contributed by atoms with Crippen molar-refractivity contribution in [2.45, 2.75) is 45.1 Å². The topological polar surface area (TPSA) is 26.3 Å². The van der Waals surface area contributed by atoms with Crippen molar-refractivity contribution in [3.8, 4) is 11.8 Å². The van der Waals surface area contributed by atoms with Gasteiger partial charge < -0.3 is 4.74 Å². The fourth-order valence-electron chi connectivity index (χ4n) is 2.44. The lowest BCUT2D eigenvalue weighted by atomic mass is 9.86. The molecule has 0 saturated heterocycles. The molecule has 1 aliphatic carbocycles. The molecule has 1 saturated carbocycles. The maximum absolute atomic E-state index is 11.6. The Morgan fingerprint density at radius 3 is 2.80 bits per heavy atom. The highest BCUT2D eigenvalue weighted by molar-refractivity contribution is 5.81. The number of ether oxygens (including phenoxy) is 1. The Balaban J connectivity index is 1.57. The second kappa shape index (κ2) is 8.55. The fraction of sp³-hybridized carbons (Fsp3) is 0.500. The average Bonchev–Trinajstić information content (AvgIpc) is 2.49. The Kier molecular flexibility index (Phi) is 6.34. The highest BCUT2D eigenvalue weighted by atomic mass is 16.5. The van der Waals surface area contributed by atoms with E-state index >= 15 is 0 Å². The second-order valence-electron chi connectivity index (χ2n) is 5.25. The number of hydrogen-bond acceptors (Lipinski definition) is 2. The molecule has 1 aromatic rings.